The molecule has 2 nitrogen and oxygen atoms in total. The van der Waals surface area contributed by atoms with Crippen LogP contribution in [0.25, 0.3) is 0 Å². The Balaban J connectivity index is 0.00000133. The minimum atomic E-state index is 0. The summed E-state index contributed by atoms with van der Waals surface area (Å²) in [5, 5.41) is 7.24. The molecule has 19 heavy (non-hydrogen) atoms. The molecule has 0 saturated carbocycles. The molecular weight excluding hydrogens is 300 g/mol. The van der Waals surface area contributed by atoms with Crippen LogP contribution in [0.4, 0.5) is 0 Å². The Hall–Kier alpha value is -1.16. The molecule has 0 aromatic heterocycles. The van der Waals surface area contributed by atoms with Crippen molar-refractivity contribution in [1.82, 2.24) is 10.6 Å². The van der Waals surface area contributed by atoms with Crippen molar-refractivity contribution in [2.75, 3.05) is 13.1 Å². The molecule has 0 radical (unpaired) electrons. The average Bonchev–Trinajstić information content (AvgIpc) is 2.49. The number of halogens is 1. The average molecular weight is 319 g/mol. The highest BCUT2D eigenvalue weighted by Crippen LogP contribution is 2.30. The molecule has 1 saturated heterocycles. The summed E-state index contributed by atoms with van der Waals surface area (Å²) in [6, 6.07) is 22.0. The molecule has 1 fully saturated rings. The van der Waals surface area contributed by atoms with Crippen molar-refractivity contribution in [3.05, 3.63) is 71.8 Å². The Morgan fingerprint density at radius 1 is 0.632 bits per heavy atom. The molecule has 0 spiro atoms. The van der Waals surface area contributed by atoms with Crippen LogP contribution in [-0.4, -0.2) is 13.1 Å². The van der Waals surface area contributed by atoms with Crippen molar-refractivity contribution in [2.45, 2.75) is 12.1 Å². The molecule has 1 aliphatic rings. The summed E-state index contributed by atoms with van der Waals surface area (Å²) in [6.07, 6.45) is 0. The van der Waals surface area contributed by atoms with E-state index in [0.29, 0.717) is 12.1 Å². The van der Waals surface area contributed by atoms with Gasteiger partial charge in [-0.3, -0.25) is 0 Å². The zero-order valence-electron chi connectivity index (χ0n) is 10.8. The number of hydrogen-bond acceptors (Lipinski definition) is 2. The van der Waals surface area contributed by atoms with Gasteiger partial charge in [-0.1, -0.05) is 60.7 Å². The lowest BCUT2D eigenvalue weighted by atomic mass is 9.92. The largest absolute Gasteiger partial charge is 0.307 e. The third-order valence-corrected chi connectivity index (χ3v) is 3.50. The van der Waals surface area contributed by atoms with Crippen LogP contribution in [0.3, 0.4) is 0 Å². The fourth-order valence-electron chi connectivity index (χ4n) is 2.63. The lowest BCUT2D eigenvalue weighted by molar-refractivity contribution is 0.333. The zero-order valence-corrected chi connectivity index (χ0v) is 12.5. The molecule has 0 bridgehead atoms. The van der Waals surface area contributed by atoms with E-state index in [1.165, 1.54) is 11.1 Å². The normalized spacial score (nSPS) is 22.5. The van der Waals surface area contributed by atoms with Gasteiger partial charge in [0.05, 0.1) is 12.1 Å². The number of hydrogen-bond donors (Lipinski definition) is 2. The Bertz CT molecular complexity index is 439. The first kappa shape index (κ1) is 14.3. The molecule has 3 rings (SSSR count). The van der Waals surface area contributed by atoms with Crippen molar-refractivity contribution in [3.8, 4) is 0 Å². The Morgan fingerprint density at radius 3 is 1.37 bits per heavy atom. The maximum absolute atomic E-state index is 3.62. The first-order valence-electron chi connectivity index (χ1n) is 6.52. The summed E-state index contributed by atoms with van der Waals surface area (Å²) >= 11 is 0. The van der Waals surface area contributed by atoms with Gasteiger partial charge in [0.1, 0.15) is 0 Å². The third-order valence-electron chi connectivity index (χ3n) is 3.50. The second kappa shape index (κ2) is 6.85. The quantitative estimate of drug-likeness (QED) is 0.888. The van der Waals surface area contributed by atoms with Crippen LogP contribution in [-0.2, 0) is 0 Å². The Kier molecular flexibility index (Phi) is 5.14. The number of benzene rings is 2. The third kappa shape index (κ3) is 3.24. The van der Waals surface area contributed by atoms with Crippen molar-refractivity contribution in [2.24, 2.45) is 0 Å². The van der Waals surface area contributed by atoms with Gasteiger partial charge in [-0.15, -0.1) is 17.0 Å². The van der Waals surface area contributed by atoms with E-state index in [9.17, 15) is 0 Å². The smallest absolute Gasteiger partial charge is 0.0518 e. The molecule has 0 amide bonds. The summed E-state index contributed by atoms with van der Waals surface area (Å²) in [7, 11) is 0. The van der Waals surface area contributed by atoms with E-state index in [-0.39, 0.29) is 17.0 Å². The molecule has 1 heterocycles. The van der Waals surface area contributed by atoms with Gasteiger partial charge in [0.15, 0.2) is 0 Å². The second-order valence-electron chi connectivity index (χ2n) is 4.68. The van der Waals surface area contributed by atoms with Gasteiger partial charge in [0, 0.05) is 13.1 Å². The molecule has 2 aromatic rings. The van der Waals surface area contributed by atoms with E-state index in [2.05, 4.69) is 71.3 Å². The summed E-state index contributed by atoms with van der Waals surface area (Å²) in [6.45, 7) is 2.03. The molecule has 0 aliphatic carbocycles. The predicted molar refractivity (Wildman–Crippen MR) is 84.7 cm³/mol. The van der Waals surface area contributed by atoms with E-state index < -0.39 is 0 Å². The lowest BCUT2D eigenvalue weighted by Crippen LogP contribution is -2.45. The highest BCUT2D eigenvalue weighted by atomic mass is 79.9. The summed E-state index contributed by atoms with van der Waals surface area (Å²) in [5.74, 6) is 0. The maximum Gasteiger partial charge on any atom is 0.0518 e. The van der Waals surface area contributed by atoms with E-state index in [1.807, 2.05) is 0 Å². The fourth-order valence-corrected chi connectivity index (χ4v) is 2.63. The van der Waals surface area contributed by atoms with Gasteiger partial charge in [0.25, 0.3) is 0 Å². The van der Waals surface area contributed by atoms with Crippen LogP contribution in [0.2, 0.25) is 0 Å². The van der Waals surface area contributed by atoms with Crippen molar-refractivity contribution < 1.29 is 0 Å². The summed E-state index contributed by atoms with van der Waals surface area (Å²) < 4.78 is 0. The van der Waals surface area contributed by atoms with Crippen molar-refractivity contribution in [3.63, 3.8) is 0 Å². The fraction of sp³-hybridized carbons (Fsp3) is 0.250. The van der Waals surface area contributed by atoms with Crippen molar-refractivity contribution >= 4 is 17.0 Å². The van der Waals surface area contributed by atoms with Gasteiger partial charge in [0.2, 0.25) is 0 Å². The van der Waals surface area contributed by atoms with Crippen LogP contribution in [0.1, 0.15) is 23.2 Å². The summed E-state index contributed by atoms with van der Waals surface area (Å²) in [5.41, 5.74) is 2.69. The van der Waals surface area contributed by atoms with Crippen LogP contribution < -0.4 is 10.6 Å². The highest BCUT2D eigenvalue weighted by Gasteiger charge is 2.26. The van der Waals surface area contributed by atoms with Gasteiger partial charge < -0.3 is 10.6 Å². The molecule has 2 atom stereocenters. The van der Waals surface area contributed by atoms with Crippen LogP contribution >= 0.6 is 17.0 Å². The van der Waals surface area contributed by atoms with Crippen LogP contribution in [0.5, 0.6) is 0 Å². The molecule has 2 N–H and O–H groups in total. The molecule has 1 aliphatic heterocycles. The molecule has 2 aromatic carbocycles. The molecule has 100 valence electrons. The zero-order chi connectivity index (χ0) is 12.2. The predicted octanol–water partition coefficient (Wildman–Crippen LogP) is 3.24. The number of nitrogens with one attached hydrogen (secondary N) is 2. The maximum atomic E-state index is 3.62. The monoisotopic (exact) mass is 318 g/mol. The van der Waals surface area contributed by atoms with E-state index >= 15 is 0 Å². The molecule has 3 heteroatoms. The number of piperazine rings is 1. The van der Waals surface area contributed by atoms with E-state index in [0.717, 1.165) is 13.1 Å². The first-order chi connectivity index (χ1) is 8.95. The SMILES string of the molecule is Br.c1ccc(C2NCCNC2c2ccccc2)cc1. The number of rotatable bonds is 2. The van der Waals surface area contributed by atoms with E-state index in [4.69, 9.17) is 0 Å². The molecular formula is C16H19BrN2. The summed E-state index contributed by atoms with van der Waals surface area (Å²) in [4.78, 5) is 0. The minimum Gasteiger partial charge on any atom is -0.307 e. The molecule has 2 unspecified atom stereocenters. The highest BCUT2D eigenvalue weighted by molar-refractivity contribution is 8.93. The van der Waals surface area contributed by atoms with Gasteiger partial charge in [-0.25, -0.2) is 0 Å². The Morgan fingerprint density at radius 2 is 1.00 bits per heavy atom. The standard InChI is InChI=1S/C16H18N2.BrH/c1-3-7-13(8-4-1)15-16(18-12-11-17-15)14-9-5-2-6-10-14;/h1-10,15-18H,11-12H2;1H. The lowest BCUT2D eigenvalue weighted by Gasteiger charge is -2.34. The van der Waals surface area contributed by atoms with Gasteiger partial charge in [-0.05, 0) is 11.1 Å². The Labute approximate surface area is 125 Å². The topological polar surface area (TPSA) is 24.1 Å². The minimum absolute atomic E-state index is 0. The first-order valence-corrected chi connectivity index (χ1v) is 6.52. The van der Waals surface area contributed by atoms with Crippen LogP contribution in [0.15, 0.2) is 60.7 Å². The van der Waals surface area contributed by atoms with Crippen LogP contribution in [0, 0.1) is 0 Å². The second-order valence-corrected chi connectivity index (χ2v) is 4.68. The van der Waals surface area contributed by atoms with Gasteiger partial charge >= 0.3 is 0 Å². The van der Waals surface area contributed by atoms with Crippen molar-refractivity contribution in [1.29, 1.82) is 0 Å². The van der Waals surface area contributed by atoms with Gasteiger partial charge in [-0.2, -0.15) is 0 Å². The van der Waals surface area contributed by atoms with E-state index in [1.54, 1.807) is 0 Å².